The van der Waals surface area contributed by atoms with Crippen molar-refractivity contribution in [2.45, 2.75) is 57.7 Å². The van der Waals surface area contributed by atoms with Crippen LogP contribution in [0.5, 0.6) is 5.75 Å². The van der Waals surface area contributed by atoms with Crippen LogP contribution in [0.1, 0.15) is 40.0 Å². The van der Waals surface area contributed by atoms with E-state index >= 15 is 0 Å². The van der Waals surface area contributed by atoms with Gasteiger partial charge in [0, 0.05) is 12.5 Å². The fourth-order valence-corrected chi connectivity index (χ4v) is 2.74. The third-order valence-electron chi connectivity index (χ3n) is 4.26. The summed E-state index contributed by atoms with van der Waals surface area (Å²) in [5.74, 6) is 0.247. The van der Waals surface area contributed by atoms with Gasteiger partial charge in [-0.05, 0) is 45.7 Å². The van der Waals surface area contributed by atoms with Gasteiger partial charge < -0.3 is 19.8 Å². The van der Waals surface area contributed by atoms with E-state index in [4.69, 9.17) is 9.57 Å². The molecule has 1 atom stereocenters. The average molecular weight is 373 g/mol. The highest BCUT2D eigenvalue weighted by atomic mass is 16.6. The molecule has 1 saturated carbocycles. The van der Waals surface area contributed by atoms with E-state index in [1.807, 2.05) is 39.0 Å². The molecular weight excluding hydrogens is 346 g/mol. The number of nitrogens with zero attached hydrogens (tertiary/aromatic N) is 2. The Morgan fingerprint density at radius 3 is 2.56 bits per heavy atom. The van der Waals surface area contributed by atoms with Crippen molar-refractivity contribution >= 4 is 17.5 Å². The highest BCUT2D eigenvalue weighted by molar-refractivity contribution is 6.01. The van der Waals surface area contributed by atoms with Crippen molar-refractivity contribution in [1.29, 1.82) is 0 Å². The van der Waals surface area contributed by atoms with Gasteiger partial charge >= 0.3 is 0 Å². The van der Waals surface area contributed by atoms with Crippen LogP contribution >= 0.6 is 0 Å². The molecule has 1 heterocycles. The molecule has 1 aromatic rings. The van der Waals surface area contributed by atoms with Crippen LogP contribution in [0.25, 0.3) is 0 Å². The first-order chi connectivity index (χ1) is 12.8. The molecule has 2 amide bonds. The summed E-state index contributed by atoms with van der Waals surface area (Å²) >= 11 is 0. The highest BCUT2D eigenvalue weighted by Gasteiger charge is 2.40. The molecule has 0 aromatic heterocycles. The van der Waals surface area contributed by atoms with Crippen LogP contribution in [0.2, 0.25) is 0 Å². The van der Waals surface area contributed by atoms with E-state index in [9.17, 15) is 9.59 Å². The van der Waals surface area contributed by atoms with Crippen LogP contribution < -0.4 is 10.1 Å². The van der Waals surface area contributed by atoms with E-state index in [-0.39, 0.29) is 31.0 Å². The first-order valence-electron chi connectivity index (χ1n) is 9.33. The zero-order chi connectivity index (χ0) is 19.4. The first kappa shape index (κ1) is 19.2. The molecule has 1 aliphatic carbocycles. The number of hydrogen-bond acceptors (Lipinski definition) is 5. The van der Waals surface area contributed by atoms with Crippen LogP contribution in [-0.4, -0.2) is 53.3 Å². The SMILES string of the molecule is CC(C)(C)O/N=C1\C[C@@H](C(=O)NC2CC2)N(C(=O)COc2ccccc2)C1. The number of ether oxygens (including phenoxy) is 1. The molecule has 2 aliphatic rings. The summed E-state index contributed by atoms with van der Waals surface area (Å²) in [6.07, 6.45) is 2.38. The standard InChI is InChI=1S/C20H27N3O4/c1-20(2,3)27-22-15-11-17(19(25)21-14-9-10-14)23(12-15)18(24)13-26-16-7-5-4-6-8-16/h4-8,14,17H,9-13H2,1-3H3,(H,21,25)/b22-15+/t17-/m0/s1. The Hall–Kier alpha value is -2.57. The Morgan fingerprint density at radius 1 is 1.22 bits per heavy atom. The highest BCUT2D eigenvalue weighted by Crippen LogP contribution is 2.23. The number of para-hydroxylation sites is 1. The van der Waals surface area contributed by atoms with Crippen molar-refractivity contribution in [2.24, 2.45) is 5.16 Å². The molecular formula is C20H27N3O4. The minimum absolute atomic E-state index is 0.120. The molecule has 0 unspecified atom stereocenters. The molecule has 1 N–H and O–H groups in total. The van der Waals surface area contributed by atoms with E-state index in [1.54, 1.807) is 12.1 Å². The number of carbonyl (C=O) groups excluding carboxylic acids is 2. The molecule has 146 valence electrons. The lowest BCUT2D eigenvalue weighted by Gasteiger charge is -2.23. The lowest BCUT2D eigenvalue weighted by Crippen LogP contribution is -2.47. The minimum atomic E-state index is -0.570. The quantitative estimate of drug-likeness (QED) is 0.775. The van der Waals surface area contributed by atoms with Gasteiger partial charge in [-0.3, -0.25) is 9.59 Å². The maximum absolute atomic E-state index is 12.7. The maximum Gasteiger partial charge on any atom is 0.261 e. The molecule has 1 saturated heterocycles. The van der Waals surface area contributed by atoms with Crippen LogP contribution in [-0.2, 0) is 14.4 Å². The van der Waals surface area contributed by atoms with E-state index in [2.05, 4.69) is 10.5 Å². The monoisotopic (exact) mass is 373 g/mol. The summed E-state index contributed by atoms with van der Waals surface area (Å²) in [7, 11) is 0. The molecule has 1 aromatic carbocycles. The lowest BCUT2D eigenvalue weighted by atomic mass is 10.2. The predicted molar refractivity (Wildman–Crippen MR) is 101 cm³/mol. The molecule has 7 nitrogen and oxygen atoms in total. The first-order valence-corrected chi connectivity index (χ1v) is 9.33. The minimum Gasteiger partial charge on any atom is -0.484 e. The fourth-order valence-electron chi connectivity index (χ4n) is 2.74. The van der Waals surface area contributed by atoms with Gasteiger partial charge in [-0.2, -0.15) is 0 Å². The zero-order valence-corrected chi connectivity index (χ0v) is 16.1. The van der Waals surface area contributed by atoms with Gasteiger partial charge in [-0.1, -0.05) is 23.4 Å². The molecule has 7 heteroatoms. The van der Waals surface area contributed by atoms with E-state index in [0.29, 0.717) is 17.9 Å². The van der Waals surface area contributed by atoms with E-state index < -0.39 is 11.6 Å². The Balaban J connectivity index is 1.66. The molecule has 0 bridgehead atoms. The van der Waals surface area contributed by atoms with Crippen molar-refractivity contribution in [3.8, 4) is 5.75 Å². The maximum atomic E-state index is 12.7. The second-order valence-electron chi connectivity index (χ2n) is 7.99. The van der Waals surface area contributed by atoms with Crippen LogP contribution in [0, 0.1) is 0 Å². The topological polar surface area (TPSA) is 80.2 Å². The van der Waals surface area contributed by atoms with Gasteiger partial charge in [0.25, 0.3) is 5.91 Å². The average Bonchev–Trinajstić information content (AvgIpc) is 3.33. The number of likely N-dealkylation sites (tertiary alicyclic amines) is 1. The molecule has 1 aliphatic heterocycles. The third-order valence-corrected chi connectivity index (χ3v) is 4.26. The van der Waals surface area contributed by atoms with Crippen molar-refractivity contribution in [3.05, 3.63) is 30.3 Å². The van der Waals surface area contributed by atoms with Crippen LogP contribution in [0.4, 0.5) is 0 Å². The Labute approximate surface area is 159 Å². The van der Waals surface area contributed by atoms with Gasteiger partial charge in [0.15, 0.2) is 6.61 Å². The van der Waals surface area contributed by atoms with Gasteiger partial charge in [0.05, 0.1) is 12.3 Å². The summed E-state index contributed by atoms with van der Waals surface area (Å²) in [4.78, 5) is 32.3. The number of nitrogens with one attached hydrogen (secondary N) is 1. The van der Waals surface area contributed by atoms with Crippen LogP contribution in [0.15, 0.2) is 35.5 Å². The molecule has 0 radical (unpaired) electrons. The zero-order valence-electron chi connectivity index (χ0n) is 16.1. The number of carbonyl (C=O) groups is 2. The van der Waals surface area contributed by atoms with Gasteiger partial charge in [-0.25, -0.2) is 0 Å². The van der Waals surface area contributed by atoms with Gasteiger partial charge in [0.2, 0.25) is 5.91 Å². The van der Waals surface area contributed by atoms with Crippen molar-refractivity contribution in [1.82, 2.24) is 10.2 Å². The number of oxime groups is 1. The van der Waals surface area contributed by atoms with Gasteiger partial charge in [-0.15, -0.1) is 0 Å². The third kappa shape index (κ3) is 5.70. The Bertz CT molecular complexity index is 708. The molecule has 3 rings (SSSR count). The number of rotatable bonds is 6. The second kappa shape index (κ2) is 7.98. The van der Waals surface area contributed by atoms with E-state index in [1.165, 1.54) is 4.90 Å². The normalized spacial score (nSPS) is 21.2. The summed E-state index contributed by atoms with van der Waals surface area (Å²) in [6, 6.07) is 8.82. The predicted octanol–water partition coefficient (Wildman–Crippen LogP) is 2.12. The van der Waals surface area contributed by atoms with Crippen molar-refractivity contribution < 1.29 is 19.2 Å². The second-order valence-corrected chi connectivity index (χ2v) is 7.99. The lowest BCUT2D eigenvalue weighted by molar-refractivity contribution is -0.139. The Morgan fingerprint density at radius 2 is 1.93 bits per heavy atom. The number of hydrogen-bond donors (Lipinski definition) is 1. The van der Waals surface area contributed by atoms with Crippen molar-refractivity contribution in [2.75, 3.05) is 13.2 Å². The molecule has 2 fully saturated rings. The van der Waals surface area contributed by atoms with Crippen molar-refractivity contribution in [3.63, 3.8) is 0 Å². The smallest absolute Gasteiger partial charge is 0.261 e. The molecule has 0 spiro atoms. The fraction of sp³-hybridized carbons (Fsp3) is 0.550. The van der Waals surface area contributed by atoms with E-state index in [0.717, 1.165) is 12.8 Å². The Kier molecular flexibility index (Phi) is 5.68. The van der Waals surface area contributed by atoms with Crippen LogP contribution in [0.3, 0.4) is 0 Å². The number of benzene rings is 1. The molecule has 27 heavy (non-hydrogen) atoms. The van der Waals surface area contributed by atoms with Gasteiger partial charge in [0.1, 0.15) is 17.4 Å². The summed E-state index contributed by atoms with van der Waals surface area (Å²) in [6.45, 7) is 5.86. The summed E-state index contributed by atoms with van der Waals surface area (Å²) in [5.41, 5.74) is 0.265. The number of amides is 2. The summed E-state index contributed by atoms with van der Waals surface area (Å²) in [5, 5.41) is 7.15. The largest absolute Gasteiger partial charge is 0.484 e. The summed E-state index contributed by atoms with van der Waals surface area (Å²) < 4.78 is 5.56.